The Morgan fingerprint density at radius 2 is 2.23 bits per heavy atom. The molecule has 3 heterocycles. The molecular formula is C26H32N3PS. The topological polar surface area (TPSA) is 28.2 Å². The minimum absolute atomic E-state index is 0.710. The average molecular weight is 450 g/mol. The summed E-state index contributed by atoms with van der Waals surface area (Å²) in [7, 11) is 1.23. The zero-order chi connectivity index (χ0) is 21.5. The van der Waals surface area contributed by atoms with Gasteiger partial charge in [-0.3, -0.25) is 4.98 Å². The van der Waals surface area contributed by atoms with Crippen molar-refractivity contribution in [1.82, 2.24) is 15.2 Å². The zero-order valence-corrected chi connectivity index (χ0v) is 20.1. The van der Waals surface area contributed by atoms with E-state index in [4.69, 9.17) is 4.98 Å². The Morgan fingerprint density at radius 1 is 1.32 bits per heavy atom. The number of likely N-dealkylation sites (tertiary alicyclic amines) is 1. The van der Waals surface area contributed by atoms with Gasteiger partial charge in [-0.15, -0.1) is 11.8 Å². The average Bonchev–Trinajstić information content (AvgIpc) is 2.77. The van der Waals surface area contributed by atoms with Crippen molar-refractivity contribution in [2.75, 3.05) is 24.7 Å². The van der Waals surface area contributed by atoms with Crippen molar-refractivity contribution in [2.24, 2.45) is 5.92 Å². The first-order chi connectivity index (χ1) is 15.2. The lowest BCUT2D eigenvalue weighted by molar-refractivity contribution is 0.264. The van der Waals surface area contributed by atoms with E-state index in [0.29, 0.717) is 5.92 Å². The summed E-state index contributed by atoms with van der Waals surface area (Å²) in [6, 6.07) is 2.22. The molecule has 0 radical (unpaired) electrons. The summed E-state index contributed by atoms with van der Waals surface area (Å²) in [6.07, 6.45) is 17.9. The predicted molar refractivity (Wildman–Crippen MR) is 140 cm³/mol. The van der Waals surface area contributed by atoms with Crippen LogP contribution in [0.1, 0.15) is 36.9 Å². The van der Waals surface area contributed by atoms with E-state index in [-0.39, 0.29) is 0 Å². The standard InChI is InChI=1S/C26H32N3PS/c1-20-16-25(24-10-3-4-11-26(24)28-20)21(2)29-13-7-8-22(17-29)18-31-19-27-23-9-5-6-14-30-15-12-23/h5-6,9-12,14-16,22,27H,2-4,7-8,13,17-19H2,1H3/b6-5?,9-5+,14-6-,15-12?,23-9?,23-12+. The van der Waals surface area contributed by atoms with Crippen molar-refractivity contribution in [3.05, 3.63) is 70.3 Å². The summed E-state index contributed by atoms with van der Waals surface area (Å²) in [4.78, 5) is 7.26. The van der Waals surface area contributed by atoms with Gasteiger partial charge in [-0.1, -0.05) is 39.1 Å². The second kappa shape index (κ2) is 11.0. The number of hydrogen-bond acceptors (Lipinski definition) is 4. The van der Waals surface area contributed by atoms with E-state index in [2.05, 4.69) is 77.9 Å². The van der Waals surface area contributed by atoms with E-state index in [1.54, 1.807) is 0 Å². The quantitative estimate of drug-likeness (QED) is 0.379. The van der Waals surface area contributed by atoms with E-state index in [9.17, 15) is 0 Å². The molecule has 5 heteroatoms. The fourth-order valence-electron chi connectivity index (χ4n) is 4.35. The molecule has 1 N–H and O–H groups in total. The smallest absolute Gasteiger partial charge is 0.0669 e. The van der Waals surface area contributed by atoms with Crippen molar-refractivity contribution in [1.29, 1.82) is 0 Å². The minimum atomic E-state index is 0.710. The first-order valence-electron chi connectivity index (χ1n) is 11.2. The molecule has 1 aromatic heterocycles. The van der Waals surface area contributed by atoms with Gasteiger partial charge in [0.2, 0.25) is 0 Å². The van der Waals surface area contributed by atoms with E-state index in [1.807, 2.05) is 11.8 Å². The number of rotatable bonds is 7. The fourth-order valence-corrected chi connectivity index (χ4v) is 5.88. The van der Waals surface area contributed by atoms with Crippen LogP contribution in [0.4, 0.5) is 0 Å². The normalized spacial score (nSPS) is 24.9. The maximum absolute atomic E-state index is 4.74. The van der Waals surface area contributed by atoms with Crippen molar-refractivity contribution in [3.8, 4) is 0 Å². The third-order valence-corrected chi connectivity index (χ3v) is 7.63. The highest BCUT2D eigenvalue weighted by atomic mass is 32.2. The van der Waals surface area contributed by atoms with Gasteiger partial charge in [0.15, 0.2) is 0 Å². The summed E-state index contributed by atoms with van der Waals surface area (Å²) in [5.41, 5.74) is 4.73. The highest BCUT2D eigenvalue weighted by Gasteiger charge is 2.22. The largest absolute Gasteiger partial charge is 0.376 e. The van der Waals surface area contributed by atoms with Gasteiger partial charge in [-0.2, -0.15) is 0 Å². The molecule has 2 aliphatic heterocycles. The molecule has 1 atom stereocenters. The number of hydrogen-bond donors (Lipinski definition) is 1. The van der Waals surface area contributed by atoms with Gasteiger partial charge >= 0.3 is 0 Å². The molecule has 1 aliphatic carbocycles. The monoisotopic (exact) mass is 449 g/mol. The van der Waals surface area contributed by atoms with Crippen LogP contribution in [0.5, 0.6) is 0 Å². The van der Waals surface area contributed by atoms with Crippen molar-refractivity contribution in [2.45, 2.75) is 32.6 Å². The number of aromatic nitrogens is 1. The van der Waals surface area contributed by atoms with Gasteiger partial charge < -0.3 is 10.2 Å². The molecule has 3 nitrogen and oxygen atoms in total. The van der Waals surface area contributed by atoms with Crippen LogP contribution in [0.25, 0.3) is 17.8 Å². The minimum Gasteiger partial charge on any atom is -0.376 e. The van der Waals surface area contributed by atoms with Crippen LogP contribution in [0.3, 0.4) is 0 Å². The first kappa shape index (κ1) is 22.2. The molecule has 3 aliphatic rings. The van der Waals surface area contributed by atoms with Crippen LogP contribution < -0.4 is 15.9 Å². The molecule has 1 saturated heterocycles. The lowest BCUT2D eigenvalue weighted by atomic mass is 9.97. The molecular weight excluding hydrogens is 417 g/mol. The second-order valence-electron chi connectivity index (χ2n) is 8.31. The lowest BCUT2D eigenvalue weighted by Crippen LogP contribution is -2.39. The molecule has 31 heavy (non-hydrogen) atoms. The highest BCUT2D eigenvalue weighted by Crippen LogP contribution is 2.26. The Labute approximate surface area is 192 Å². The van der Waals surface area contributed by atoms with E-state index >= 15 is 0 Å². The molecule has 0 aromatic carbocycles. The van der Waals surface area contributed by atoms with Crippen LogP contribution in [-0.2, 0) is 0 Å². The maximum atomic E-state index is 4.74. The third kappa shape index (κ3) is 6.02. The second-order valence-corrected chi connectivity index (χ2v) is 10.2. The van der Waals surface area contributed by atoms with Crippen LogP contribution in [0.2, 0.25) is 0 Å². The molecule has 1 unspecified atom stereocenters. The fraction of sp³-hybridized carbons (Fsp3) is 0.385. The summed E-state index contributed by atoms with van der Waals surface area (Å²) in [6.45, 7) is 8.83. The molecule has 0 amide bonds. The number of fused-ring (bicyclic) bond motifs is 1. The Kier molecular flexibility index (Phi) is 7.88. The van der Waals surface area contributed by atoms with E-state index < -0.39 is 0 Å². The number of nitrogens with zero attached hydrogens (tertiary/aromatic N) is 2. The number of thioether (sulfide) groups is 1. The summed E-state index contributed by atoms with van der Waals surface area (Å²) >= 11 is 2.00. The SMILES string of the molecule is C=C(c1cc(C)nc2c1=CCCC=2)N1CCCC(CSCNC2=C/C=P/C=C\C=C\2)C1. The summed E-state index contributed by atoms with van der Waals surface area (Å²) < 4.78 is 0. The number of nitrogens with one attached hydrogen (secondary N) is 1. The van der Waals surface area contributed by atoms with Gasteiger partial charge in [0, 0.05) is 41.0 Å². The Morgan fingerprint density at radius 3 is 3.16 bits per heavy atom. The molecule has 1 aromatic rings. The summed E-state index contributed by atoms with van der Waals surface area (Å²) in [5.74, 6) is 7.15. The Hall–Kier alpha value is -2.03. The predicted octanol–water partition coefficient (Wildman–Crippen LogP) is 4.42. The molecule has 0 saturated carbocycles. The maximum Gasteiger partial charge on any atom is 0.0669 e. The van der Waals surface area contributed by atoms with Crippen molar-refractivity contribution >= 4 is 43.6 Å². The van der Waals surface area contributed by atoms with Crippen LogP contribution in [0.15, 0.2) is 48.5 Å². The molecule has 4 rings (SSSR count). The molecule has 1 fully saturated rings. The van der Waals surface area contributed by atoms with Gasteiger partial charge in [0.25, 0.3) is 0 Å². The lowest BCUT2D eigenvalue weighted by Gasteiger charge is -2.36. The number of allylic oxidation sites excluding steroid dienone is 4. The van der Waals surface area contributed by atoms with Crippen molar-refractivity contribution < 1.29 is 0 Å². The van der Waals surface area contributed by atoms with E-state index in [1.165, 1.54) is 49.0 Å². The van der Waals surface area contributed by atoms with Crippen LogP contribution in [-0.4, -0.2) is 40.4 Å². The molecule has 0 spiro atoms. The van der Waals surface area contributed by atoms with E-state index in [0.717, 1.165) is 42.9 Å². The number of piperidine rings is 1. The third-order valence-electron chi connectivity index (χ3n) is 5.91. The van der Waals surface area contributed by atoms with Gasteiger partial charge in [0.05, 0.1) is 11.2 Å². The zero-order valence-electron chi connectivity index (χ0n) is 18.4. The first-order valence-corrected chi connectivity index (χ1v) is 13.4. The number of aryl methyl sites for hydroxylation is 1. The van der Waals surface area contributed by atoms with Gasteiger partial charge in [-0.05, 0) is 74.1 Å². The van der Waals surface area contributed by atoms with Crippen LogP contribution in [0, 0.1) is 12.8 Å². The Balaban J connectivity index is 1.33. The number of pyridine rings is 1. The van der Waals surface area contributed by atoms with Gasteiger partial charge in [0.1, 0.15) is 0 Å². The summed E-state index contributed by atoms with van der Waals surface area (Å²) in [5, 5.41) is 5.98. The van der Waals surface area contributed by atoms with Crippen LogP contribution >= 0.6 is 20.0 Å². The molecule has 0 bridgehead atoms. The van der Waals surface area contributed by atoms with Crippen molar-refractivity contribution in [3.63, 3.8) is 0 Å². The van der Waals surface area contributed by atoms with Gasteiger partial charge in [-0.25, -0.2) is 0 Å². The molecule has 162 valence electrons. The Bertz CT molecular complexity index is 1050. The highest BCUT2D eigenvalue weighted by molar-refractivity contribution is 7.99.